The summed E-state index contributed by atoms with van der Waals surface area (Å²) in [6.45, 7) is 2.65. The van der Waals surface area contributed by atoms with Gasteiger partial charge in [-0.25, -0.2) is 4.79 Å². The minimum Gasteiger partial charge on any atom is -0.497 e. The molecule has 0 radical (unpaired) electrons. The number of carbonyl (C=O) groups excluding carboxylic acids is 2. The smallest absolute Gasteiger partial charge is 0.410 e. The Morgan fingerprint density at radius 2 is 1.86 bits per heavy atom. The summed E-state index contributed by atoms with van der Waals surface area (Å²) in [5.41, 5.74) is 1.90. The van der Waals surface area contributed by atoms with Gasteiger partial charge in [-0.3, -0.25) is 9.69 Å². The van der Waals surface area contributed by atoms with Gasteiger partial charge in [-0.05, 0) is 43.0 Å². The summed E-state index contributed by atoms with van der Waals surface area (Å²) in [5.74, 6) is 0.614. The first-order valence-electron chi connectivity index (χ1n) is 9.50. The van der Waals surface area contributed by atoms with Crippen molar-refractivity contribution in [1.82, 2.24) is 10.2 Å². The molecule has 2 amide bonds. The SMILES string of the molecule is COc1ccc(C(C)NC(=O)C2CCCN2C(=O)OCc2ccccc2)cc1. The summed E-state index contributed by atoms with van der Waals surface area (Å²) < 4.78 is 10.6. The minimum absolute atomic E-state index is 0.155. The van der Waals surface area contributed by atoms with Crippen molar-refractivity contribution in [3.63, 3.8) is 0 Å². The Morgan fingerprint density at radius 3 is 2.54 bits per heavy atom. The Labute approximate surface area is 165 Å². The Bertz CT molecular complexity index is 792. The van der Waals surface area contributed by atoms with Crippen molar-refractivity contribution >= 4 is 12.0 Å². The fraction of sp³-hybridized carbons (Fsp3) is 0.364. The molecule has 0 aromatic heterocycles. The number of rotatable bonds is 6. The third-order valence-corrected chi connectivity index (χ3v) is 4.97. The first-order valence-corrected chi connectivity index (χ1v) is 9.50. The third-order valence-electron chi connectivity index (χ3n) is 4.97. The van der Waals surface area contributed by atoms with Crippen LogP contribution in [0.25, 0.3) is 0 Å². The zero-order valence-corrected chi connectivity index (χ0v) is 16.3. The molecule has 0 saturated carbocycles. The second kappa shape index (κ2) is 9.26. The van der Waals surface area contributed by atoms with Gasteiger partial charge >= 0.3 is 6.09 Å². The van der Waals surface area contributed by atoms with E-state index in [1.54, 1.807) is 7.11 Å². The maximum absolute atomic E-state index is 12.8. The molecule has 0 spiro atoms. The predicted molar refractivity (Wildman–Crippen MR) is 106 cm³/mol. The van der Waals surface area contributed by atoms with Crippen LogP contribution in [0.2, 0.25) is 0 Å². The van der Waals surface area contributed by atoms with Gasteiger partial charge in [0.15, 0.2) is 0 Å². The number of ether oxygens (including phenoxy) is 2. The quantitative estimate of drug-likeness (QED) is 0.828. The lowest BCUT2D eigenvalue weighted by molar-refractivity contribution is -0.125. The fourth-order valence-corrected chi connectivity index (χ4v) is 3.35. The number of amides is 2. The first kappa shape index (κ1) is 19.7. The summed E-state index contributed by atoms with van der Waals surface area (Å²) in [4.78, 5) is 26.8. The van der Waals surface area contributed by atoms with E-state index in [0.717, 1.165) is 23.3 Å². The number of nitrogens with zero attached hydrogens (tertiary/aromatic N) is 1. The van der Waals surface area contributed by atoms with Crippen molar-refractivity contribution < 1.29 is 19.1 Å². The average Bonchev–Trinajstić information content (AvgIpc) is 3.23. The van der Waals surface area contributed by atoms with E-state index in [-0.39, 0.29) is 18.6 Å². The van der Waals surface area contributed by atoms with E-state index in [2.05, 4.69) is 5.32 Å². The highest BCUT2D eigenvalue weighted by Gasteiger charge is 2.35. The van der Waals surface area contributed by atoms with E-state index in [1.807, 2.05) is 61.5 Å². The van der Waals surface area contributed by atoms with Crippen molar-refractivity contribution in [1.29, 1.82) is 0 Å². The summed E-state index contributed by atoms with van der Waals surface area (Å²) in [6, 6.07) is 16.4. The Morgan fingerprint density at radius 1 is 1.14 bits per heavy atom. The van der Waals surface area contributed by atoms with E-state index in [1.165, 1.54) is 4.90 Å². The standard InChI is InChI=1S/C22H26N2O4/c1-16(18-10-12-19(27-2)13-11-18)23-21(25)20-9-6-14-24(20)22(26)28-15-17-7-4-3-5-8-17/h3-5,7-8,10-13,16,20H,6,9,14-15H2,1-2H3,(H,23,25). The van der Waals surface area contributed by atoms with Crippen LogP contribution in [-0.2, 0) is 16.1 Å². The highest BCUT2D eigenvalue weighted by molar-refractivity contribution is 5.86. The third kappa shape index (κ3) is 4.82. The van der Waals surface area contributed by atoms with E-state index < -0.39 is 12.1 Å². The fourth-order valence-electron chi connectivity index (χ4n) is 3.35. The summed E-state index contributed by atoms with van der Waals surface area (Å²) in [5, 5.41) is 3.01. The number of methoxy groups -OCH3 is 1. The molecular weight excluding hydrogens is 356 g/mol. The highest BCUT2D eigenvalue weighted by Crippen LogP contribution is 2.22. The van der Waals surface area contributed by atoms with Gasteiger partial charge in [0, 0.05) is 6.54 Å². The minimum atomic E-state index is -0.496. The number of nitrogens with one attached hydrogen (secondary N) is 1. The zero-order valence-electron chi connectivity index (χ0n) is 16.3. The monoisotopic (exact) mass is 382 g/mol. The molecule has 0 aliphatic carbocycles. The normalized spacial score (nSPS) is 17.1. The van der Waals surface area contributed by atoms with Crippen LogP contribution in [0, 0.1) is 0 Å². The van der Waals surface area contributed by atoms with Crippen molar-refractivity contribution in [2.45, 2.75) is 38.5 Å². The molecule has 1 aliphatic heterocycles. The molecule has 1 aliphatic rings. The lowest BCUT2D eigenvalue weighted by Gasteiger charge is -2.25. The van der Waals surface area contributed by atoms with Crippen LogP contribution in [-0.4, -0.2) is 36.6 Å². The van der Waals surface area contributed by atoms with Gasteiger partial charge in [0.25, 0.3) is 0 Å². The molecule has 3 rings (SSSR count). The summed E-state index contributed by atoms with van der Waals surface area (Å²) >= 11 is 0. The van der Waals surface area contributed by atoms with E-state index in [9.17, 15) is 9.59 Å². The van der Waals surface area contributed by atoms with Crippen LogP contribution in [0.15, 0.2) is 54.6 Å². The van der Waals surface area contributed by atoms with E-state index in [4.69, 9.17) is 9.47 Å². The molecule has 6 heteroatoms. The van der Waals surface area contributed by atoms with Gasteiger partial charge in [0.05, 0.1) is 13.2 Å². The van der Waals surface area contributed by atoms with Crippen LogP contribution in [0.5, 0.6) is 5.75 Å². The van der Waals surface area contributed by atoms with Crippen molar-refractivity contribution in [3.05, 3.63) is 65.7 Å². The van der Waals surface area contributed by atoms with Gasteiger partial charge < -0.3 is 14.8 Å². The van der Waals surface area contributed by atoms with Crippen LogP contribution in [0.1, 0.15) is 36.9 Å². The maximum atomic E-state index is 12.8. The molecule has 28 heavy (non-hydrogen) atoms. The summed E-state index contributed by atoms with van der Waals surface area (Å²) in [7, 11) is 1.62. The number of likely N-dealkylation sites (tertiary alicyclic amines) is 1. The highest BCUT2D eigenvalue weighted by atomic mass is 16.6. The zero-order chi connectivity index (χ0) is 19.9. The Hall–Kier alpha value is -3.02. The largest absolute Gasteiger partial charge is 0.497 e. The van der Waals surface area contributed by atoms with Crippen molar-refractivity contribution in [2.24, 2.45) is 0 Å². The Balaban J connectivity index is 1.56. The van der Waals surface area contributed by atoms with E-state index in [0.29, 0.717) is 13.0 Å². The molecule has 1 heterocycles. The van der Waals surface area contributed by atoms with Crippen LogP contribution in [0.4, 0.5) is 4.79 Å². The summed E-state index contributed by atoms with van der Waals surface area (Å²) in [6.07, 6.45) is 0.982. The molecule has 1 fully saturated rings. The Kier molecular flexibility index (Phi) is 6.53. The second-order valence-corrected chi connectivity index (χ2v) is 6.90. The molecule has 6 nitrogen and oxygen atoms in total. The van der Waals surface area contributed by atoms with Crippen LogP contribution >= 0.6 is 0 Å². The van der Waals surface area contributed by atoms with Gasteiger partial charge in [0.2, 0.25) is 5.91 Å². The molecule has 2 atom stereocenters. The average molecular weight is 382 g/mol. The van der Waals surface area contributed by atoms with E-state index >= 15 is 0 Å². The number of benzene rings is 2. The topological polar surface area (TPSA) is 67.9 Å². The van der Waals surface area contributed by atoms with Crippen molar-refractivity contribution in [3.8, 4) is 5.75 Å². The lowest BCUT2D eigenvalue weighted by atomic mass is 10.1. The molecule has 2 aromatic carbocycles. The van der Waals surface area contributed by atoms with Crippen LogP contribution < -0.4 is 10.1 Å². The molecule has 0 bridgehead atoms. The molecule has 1 saturated heterocycles. The molecule has 2 unspecified atom stereocenters. The van der Waals surface area contributed by atoms with Gasteiger partial charge in [-0.15, -0.1) is 0 Å². The number of hydrogen-bond acceptors (Lipinski definition) is 4. The second-order valence-electron chi connectivity index (χ2n) is 6.90. The lowest BCUT2D eigenvalue weighted by Crippen LogP contribution is -2.46. The number of carbonyl (C=O) groups is 2. The van der Waals surface area contributed by atoms with Gasteiger partial charge in [0.1, 0.15) is 18.4 Å². The molecular formula is C22H26N2O4. The first-order chi connectivity index (χ1) is 13.6. The molecule has 1 N–H and O–H groups in total. The van der Waals surface area contributed by atoms with Gasteiger partial charge in [-0.1, -0.05) is 42.5 Å². The maximum Gasteiger partial charge on any atom is 0.410 e. The number of hydrogen-bond donors (Lipinski definition) is 1. The van der Waals surface area contributed by atoms with Crippen LogP contribution in [0.3, 0.4) is 0 Å². The van der Waals surface area contributed by atoms with Gasteiger partial charge in [-0.2, -0.15) is 0 Å². The van der Waals surface area contributed by atoms with Crippen molar-refractivity contribution in [2.75, 3.05) is 13.7 Å². The molecule has 148 valence electrons. The predicted octanol–water partition coefficient (Wildman–Crippen LogP) is 3.67. The molecule has 2 aromatic rings.